The van der Waals surface area contributed by atoms with E-state index in [9.17, 15) is 14.0 Å². The number of halogens is 1. The molecule has 0 radical (unpaired) electrons. The molecule has 0 unspecified atom stereocenters. The predicted molar refractivity (Wildman–Crippen MR) is 69.3 cm³/mol. The van der Waals surface area contributed by atoms with Gasteiger partial charge in [0, 0.05) is 6.54 Å². The van der Waals surface area contributed by atoms with Gasteiger partial charge in [0.05, 0.1) is 17.9 Å². The Labute approximate surface area is 116 Å². The van der Waals surface area contributed by atoms with E-state index < -0.39 is 11.9 Å². The van der Waals surface area contributed by atoms with Gasteiger partial charge in [0.1, 0.15) is 5.82 Å². The summed E-state index contributed by atoms with van der Waals surface area (Å²) in [7, 11) is 0. The van der Waals surface area contributed by atoms with Gasteiger partial charge in [0.25, 0.3) is 0 Å². The molecule has 1 aliphatic heterocycles. The van der Waals surface area contributed by atoms with Crippen LogP contribution in [-0.4, -0.2) is 28.4 Å². The molecule has 2 fully saturated rings. The van der Waals surface area contributed by atoms with E-state index in [0.29, 0.717) is 13.0 Å². The van der Waals surface area contributed by atoms with E-state index in [-0.39, 0.29) is 23.7 Å². The maximum atomic E-state index is 13.3. The molecule has 1 saturated carbocycles. The van der Waals surface area contributed by atoms with Gasteiger partial charge in [-0.3, -0.25) is 9.59 Å². The fourth-order valence-corrected chi connectivity index (χ4v) is 3.04. The van der Waals surface area contributed by atoms with Gasteiger partial charge >= 0.3 is 5.97 Å². The molecule has 1 amide bonds. The second-order valence-electron chi connectivity index (χ2n) is 5.53. The lowest BCUT2D eigenvalue weighted by Crippen LogP contribution is -2.32. The normalized spacial score (nSPS) is 28.4. The Morgan fingerprint density at radius 2 is 2.10 bits per heavy atom. The molecule has 1 aromatic carbocycles. The molecular formula is C15H16FNO3. The summed E-state index contributed by atoms with van der Waals surface area (Å²) in [4.78, 5) is 25.0. The molecule has 1 heterocycles. The quantitative estimate of drug-likeness (QED) is 0.921. The number of carboxylic acids is 1. The second-order valence-corrected chi connectivity index (χ2v) is 5.53. The zero-order chi connectivity index (χ0) is 14.3. The van der Waals surface area contributed by atoms with Crippen LogP contribution in [0.15, 0.2) is 24.3 Å². The average molecular weight is 277 g/mol. The molecular weight excluding hydrogens is 261 g/mol. The first-order valence-electron chi connectivity index (χ1n) is 6.86. The molecule has 0 spiro atoms. The maximum Gasteiger partial charge on any atom is 0.307 e. The molecule has 20 heavy (non-hydrogen) atoms. The minimum atomic E-state index is -0.898. The Morgan fingerprint density at radius 1 is 1.30 bits per heavy atom. The zero-order valence-corrected chi connectivity index (χ0v) is 11.0. The van der Waals surface area contributed by atoms with Crippen LogP contribution in [0.3, 0.4) is 0 Å². The molecule has 2 aliphatic rings. The minimum absolute atomic E-state index is 0.0934. The summed E-state index contributed by atoms with van der Waals surface area (Å²) < 4.78 is 13.3. The average Bonchev–Trinajstić information content (AvgIpc) is 3.07. The van der Waals surface area contributed by atoms with Gasteiger partial charge in [0.15, 0.2) is 0 Å². The van der Waals surface area contributed by atoms with Crippen molar-refractivity contribution in [1.82, 2.24) is 4.90 Å². The summed E-state index contributed by atoms with van der Waals surface area (Å²) in [6.45, 7) is 0.628. The number of hydrogen-bond donors (Lipinski definition) is 1. The van der Waals surface area contributed by atoms with Crippen LogP contribution in [0.4, 0.5) is 4.39 Å². The first-order chi connectivity index (χ1) is 9.58. The standard InChI is InChI=1S/C15H16FNO3/c16-10-4-1-3-9(7-10)13-5-2-6-17(13)14(18)11-8-12(11)15(19)20/h1,3-4,7,11-13H,2,5-6,8H2,(H,19,20)/t11-,12+,13+/m0/s1. The number of hydrogen-bond acceptors (Lipinski definition) is 2. The summed E-state index contributed by atoms with van der Waals surface area (Å²) in [6, 6.07) is 6.18. The van der Waals surface area contributed by atoms with Crippen LogP contribution in [0.25, 0.3) is 0 Å². The van der Waals surface area contributed by atoms with Gasteiger partial charge in [-0.05, 0) is 37.0 Å². The summed E-state index contributed by atoms with van der Waals surface area (Å²) in [5.41, 5.74) is 0.795. The van der Waals surface area contributed by atoms with Crippen molar-refractivity contribution < 1.29 is 19.1 Å². The van der Waals surface area contributed by atoms with Crippen molar-refractivity contribution in [3.05, 3.63) is 35.6 Å². The molecule has 0 bridgehead atoms. The maximum absolute atomic E-state index is 13.3. The number of amides is 1. The number of benzene rings is 1. The summed E-state index contributed by atoms with van der Waals surface area (Å²) >= 11 is 0. The summed E-state index contributed by atoms with van der Waals surface area (Å²) in [5, 5.41) is 8.91. The number of nitrogens with zero attached hydrogens (tertiary/aromatic N) is 1. The van der Waals surface area contributed by atoms with Crippen LogP contribution in [0.5, 0.6) is 0 Å². The Kier molecular flexibility index (Phi) is 3.20. The van der Waals surface area contributed by atoms with Crippen LogP contribution in [0.1, 0.15) is 30.9 Å². The minimum Gasteiger partial charge on any atom is -0.481 e. The van der Waals surface area contributed by atoms with E-state index in [0.717, 1.165) is 18.4 Å². The lowest BCUT2D eigenvalue weighted by Gasteiger charge is -2.25. The van der Waals surface area contributed by atoms with Gasteiger partial charge in [-0.2, -0.15) is 0 Å². The number of carbonyl (C=O) groups excluding carboxylic acids is 1. The van der Waals surface area contributed by atoms with E-state index in [1.165, 1.54) is 12.1 Å². The third-order valence-corrected chi connectivity index (χ3v) is 4.19. The Hall–Kier alpha value is -1.91. The highest BCUT2D eigenvalue weighted by molar-refractivity contribution is 5.89. The first kappa shape index (κ1) is 13.1. The summed E-state index contributed by atoms with van der Waals surface area (Å²) in [6.07, 6.45) is 2.11. The second kappa shape index (κ2) is 4.89. The molecule has 1 aliphatic carbocycles. The Morgan fingerprint density at radius 3 is 2.75 bits per heavy atom. The van der Waals surface area contributed by atoms with E-state index in [4.69, 9.17) is 5.11 Å². The van der Waals surface area contributed by atoms with Crippen LogP contribution >= 0.6 is 0 Å². The Bertz CT molecular complexity index is 560. The Balaban J connectivity index is 1.76. The number of carbonyl (C=O) groups is 2. The first-order valence-corrected chi connectivity index (χ1v) is 6.86. The molecule has 5 heteroatoms. The van der Waals surface area contributed by atoms with Crippen molar-refractivity contribution >= 4 is 11.9 Å². The van der Waals surface area contributed by atoms with Gasteiger partial charge in [0.2, 0.25) is 5.91 Å². The predicted octanol–water partition coefficient (Wildman–Crippen LogP) is 2.21. The lowest BCUT2D eigenvalue weighted by molar-refractivity contribution is -0.142. The topological polar surface area (TPSA) is 57.6 Å². The van der Waals surface area contributed by atoms with E-state index in [1.54, 1.807) is 11.0 Å². The number of rotatable bonds is 3. The smallest absolute Gasteiger partial charge is 0.307 e. The van der Waals surface area contributed by atoms with E-state index in [2.05, 4.69) is 0 Å². The monoisotopic (exact) mass is 277 g/mol. The third-order valence-electron chi connectivity index (χ3n) is 4.19. The van der Waals surface area contributed by atoms with E-state index in [1.807, 2.05) is 6.07 Å². The highest BCUT2D eigenvalue weighted by Crippen LogP contribution is 2.43. The van der Waals surface area contributed by atoms with Gasteiger partial charge in [-0.1, -0.05) is 12.1 Å². The van der Waals surface area contributed by atoms with Crippen LogP contribution < -0.4 is 0 Å². The van der Waals surface area contributed by atoms with Crippen LogP contribution in [0, 0.1) is 17.7 Å². The number of likely N-dealkylation sites (tertiary alicyclic amines) is 1. The van der Waals surface area contributed by atoms with Crippen molar-refractivity contribution in [3.8, 4) is 0 Å². The van der Waals surface area contributed by atoms with Crippen molar-refractivity contribution in [1.29, 1.82) is 0 Å². The molecule has 3 atom stereocenters. The molecule has 0 aromatic heterocycles. The third kappa shape index (κ3) is 2.28. The molecule has 4 nitrogen and oxygen atoms in total. The van der Waals surface area contributed by atoms with Crippen LogP contribution in [0.2, 0.25) is 0 Å². The van der Waals surface area contributed by atoms with Gasteiger partial charge in [-0.15, -0.1) is 0 Å². The molecule has 3 rings (SSSR count). The zero-order valence-electron chi connectivity index (χ0n) is 11.0. The summed E-state index contributed by atoms with van der Waals surface area (Å²) in [5.74, 6) is -2.22. The van der Waals surface area contributed by atoms with Crippen molar-refractivity contribution in [2.45, 2.75) is 25.3 Å². The van der Waals surface area contributed by atoms with Crippen LogP contribution in [-0.2, 0) is 9.59 Å². The van der Waals surface area contributed by atoms with Gasteiger partial charge < -0.3 is 10.0 Å². The molecule has 1 aromatic rings. The fourth-order valence-electron chi connectivity index (χ4n) is 3.04. The van der Waals surface area contributed by atoms with E-state index >= 15 is 0 Å². The molecule has 1 N–H and O–H groups in total. The SMILES string of the molecule is O=C(O)[C@@H]1C[C@@H]1C(=O)N1CCC[C@@H]1c1cccc(F)c1. The lowest BCUT2D eigenvalue weighted by atomic mass is 10.0. The fraction of sp³-hybridized carbons (Fsp3) is 0.467. The van der Waals surface area contributed by atoms with Crippen molar-refractivity contribution in [3.63, 3.8) is 0 Å². The van der Waals surface area contributed by atoms with Gasteiger partial charge in [-0.25, -0.2) is 4.39 Å². The van der Waals surface area contributed by atoms with Crippen molar-refractivity contribution in [2.75, 3.05) is 6.54 Å². The number of aliphatic carboxylic acids is 1. The highest BCUT2D eigenvalue weighted by Gasteiger charge is 2.51. The highest BCUT2D eigenvalue weighted by atomic mass is 19.1. The largest absolute Gasteiger partial charge is 0.481 e. The van der Waals surface area contributed by atoms with Crippen molar-refractivity contribution in [2.24, 2.45) is 11.8 Å². The molecule has 1 saturated heterocycles. The molecule has 106 valence electrons. The number of carboxylic acid groups (broad SMARTS) is 1.